The van der Waals surface area contributed by atoms with E-state index in [1.807, 2.05) is 0 Å². The quantitative estimate of drug-likeness (QED) is 0.519. The number of rotatable bonds is 7. The Morgan fingerprint density at radius 1 is 1.38 bits per heavy atom. The molecule has 0 saturated heterocycles. The molecule has 0 saturated carbocycles. The van der Waals surface area contributed by atoms with E-state index in [0.29, 0.717) is 12.4 Å². The molecule has 5 nitrogen and oxygen atoms in total. The molecule has 0 aliphatic heterocycles. The smallest absolute Gasteiger partial charge is 0.320 e. The third kappa shape index (κ3) is 6.36. The minimum atomic E-state index is -1.05. The lowest BCUT2D eigenvalue weighted by Crippen LogP contribution is -2.38. The van der Waals surface area contributed by atoms with Crippen molar-refractivity contribution in [2.24, 2.45) is 0 Å². The van der Waals surface area contributed by atoms with Gasteiger partial charge in [0.25, 0.3) is 0 Å². The number of hydrogen-bond donors (Lipinski definition) is 3. The molecule has 0 bridgehead atoms. The fraction of sp³-hybridized carbons (Fsp3) is 0.714. The standard InChI is InChI=1S/C7H12ClNO4/c8-3-4-9-5(7(12)13)1-2-6(10)11/h5,9H,1-4H2,(H,10,11)(H,12,13)/t5-/m0/s1. The van der Waals surface area contributed by atoms with Crippen LogP contribution in [0.4, 0.5) is 0 Å². The molecule has 0 fully saturated rings. The van der Waals surface area contributed by atoms with Crippen molar-refractivity contribution < 1.29 is 19.8 Å². The fourth-order valence-corrected chi connectivity index (χ4v) is 0.919. The number of hydrogen-bond acceptors (Lipinski definition) is 3. The van der Waals surface area contributed by atoms with E-state index in [4.69, 9.17) is 21.8 Å². The third-order valence-electron chi connectivity index (χ3n) is 1.43. The largest absolute Gasteiger partial charge is 0.481 e. The van der Waals surface area contributed by atoms with Gasteiger partial charge in [0.05, 0.1) is 0 Å². The maximum Gasteiger partial charge on any atom is 0.320 e. The van der Waals surface area contributed by atoms with Crippen LogP contribution in [-0.4, -0.2) is 40.6 Å². The van der Waals surface area contributed by atoms with E-state index >= 15 is 0 Å². The lowest BCUT2D eigenvalue weighted by molar-refractivity contribution is -0.140. The molecular formula is C7H12ClNO4. The van der Waals surface area contributed by atoms with Crippen LogP contribution in [-0.2, 0) is 9.59 Å². The highest BCUT2D eigenvalue weighted by molar-refractivity contribution is 6.18. The number of halogens is 1. The van der Waals surface area contributed by atoms with Crippen molar-refractivity contribution in [3.63, 3.8) is 0 Å². The van der Waals surface area contributed by atoms with Crippen molar-refractivity contribution in [1.82, 2.24) is 5.32 Å². The topological polar surface area (TPSA) is 86.6 Å². The molecule has 0 aromatic heterocycles. The summed E-state index contributed by atoms with van der Waals surface area (Å²) in [5.41, 5.74) is 0. The molecule has 13 heavy (non-hydrogen) atoms. The lowest BCUT2D eigenvalue weighted by atomic mass is 10.1. The van der Waals surface area contributed by atoms with Gasteiger partial charge in [-0.3, -0.25) is 9.59 Å². The highest BCUT2D eigenvalue weighted by Crippen LogP contribution is 1.97. The summed E-state index contributed by atoms with van der Waals surface area (Å²) < 4.78 is 0. The minimum absolute atomic E-state index is 0.0710. The van der Waals surface area contributed by atoms with Crippen LogP contribution in [0.1, 0.15) is 12.8 Å². The first-order chi connectivity index (χ1) is 6.07. The summed E-state index contributed by atoms with van der Waals surface area (Å²) in [6, 6.07) is -0.824. The molecule has 76 valence electrons. The van der Waals surface area contributed by atoms with Gasteiger partial charge in [-0.1, -0.05) is 0 Å². The van der Waals surface area contributed by atoms with E-state index in [0.717, 1.165) is 0 Å². The molecule has 0 aliphatic carbocycles. The maximum absolute atomic E-state index is 10.5. The highest BCUT2D eigenvalue weighted by Gasteiger charge is 2.16. The third-order valence-corrected chi connectivity index (χ3v) is 1.62. The molecule has 3 N–H and O–H groups in total. The Kier molecular flexibility index (Phi) is 6.26. The Morgan fingerprint density at radius 2 is 2.00 bits per heavy atom. The number of carboxylic acid groups (broad SMARTS) is 2. The Balaban J connectivity index is 3.80. The van der Waals surface area contributed by atoms with Gasteiger partial charge in [0.1, 0.15) is 6.04 Å². The van der Waals surface area contributed by atoms with E-state index in [1.54, 1.807) is 0 Å². The normalized spacial score (nSPS) is 12.4. The van der Waals surface area contributed by atoms with Gasteiger partial charge in [0.15, 0.2) is 0 Å². The summed E-state index contributed by atoms with van der Waals surface area (Å²) in [5, 5.41) is 19.6. The van der Waals surface area contributed by atoms with Crippen molar-refractivity contribution in [2.75, 3.05) is 12.4 Å². The molecule has 0 unspecified atom stereocenters. The Labute approximate surface area is 80.7 Å². The molecule has 0 rings (SSSR count). The molecule has 0 aromatic rings. The van der Waals surface area contributed by atoms with Gasteiger partial charge in [0, 0.05) is 18.8 Å². The zero-order chi connectivity index (χ0) is 10.3. The van der Waals surface area contributed by atoms with Crippen LogP contribution in [0.5, 0.6) is 0 Å². The summed E-state index contributed by atoms with van der Waals surface area (Å²) >= 11 is 5.34. The van der Waals surface area contributed by atoms with Crippen LogP contribution in [0.25, 0.3) is 0 Å². The van der Waals surface area contributed by atoms with Crippen molar-refractivity contribution in [2.45, 2.75) is 18.9 Å². The second kappa shape index (κ2) is 6.68. The van der Waals surface area contributed by atoms with Gasteiger partial charge < -0.3 is 15.5 Å². The van der Waals surface area contributed by atoms with E-state index < -0.39 is 18.0 Å². The van der Waals surface area contributed by atoms with Gasteiger partial charge in [-0.2, -0.15) is 0 Å². The molecule has 1 atom stereocenters. The zero-order valence-corrected chi connectivity index (χ0v) is 7.75. The van der Waals surface area contributed by atoms with Crippen molar-refractivity contribution in [1.29, 1.82) is 0 Å². The van der Waals surface area contributed by atoms with E-state index in [1.165, 1.54) is 0 Å². The van der Waals surface area contributed by atoms with E-state index in [2.05, 4.69) is 5.32 Å². The number of carbonyl (C=O) groups is 2. The van der Waals surface area contributed by atoms with Crippen LogP contribution < -0.4 is 5.32 Å². The van der Waals surface area contributed by atoms with Gasteiger partial charge >= 0.3 is 11.9 Å². The molecule has 0 aliphatic rings. The predicted molar refractivity (Wildman–Crippen MR) is 47.0 cm³/mol. The average molecular weight is 210 g/mol. The summed E-state index contributed by atoms with van der Waals surface area (Å²) in [5.74, 6) is -1.75. The first-order valence-corrected chi connectivity index (χ1v) is 4.35. The van der Waals surface area contributed by atoms with E-state index in [9.17, 15) is 9.59 Å². The fourth-order valence-electron chi connectivity index (χ4n) is 0.809. The monoisotopic (exact) mass is 209 g/mol. The van der Waals surface area contributed by atoms with Gasteiger partial charge in [-0.25, -0.2) is 0 Å². The van der Waals surface area contributed by atoms with Crippen molar-refractivity contribution in [3.8, 4) is 0 Å². The molecule has 0 amide bonds. The zero-order valence-electron chi connectivity index (χ0n) is 6.99. The van der Waals surface area contributed by atoms with E-state index in [-0.39, 0.29) is 12.8 Å². The first-order valence-electron chi connectivity index (χ1n) is 3.82. The summed E-state index contributed by atoms with van der Waals surface area (Å²) in [7, 11) is 0. The number of carboxylic acids is 2. The Morgan fingerprint density at radius 3 is 2.38 bits per heavy atom. The van der Waals surface area contributed by atoms with Gasteiger partial charge in [0.2, 0.25) is 0 Å². The molecule has 0 aromatic carbocycles. The highest BCUT2D eigenvalue weighted by atomic mass is 35.5. The number of nitrogens with one attached hydrogen (secondary N) is 1. The van der Waals surface area contributed by atoms with Crippen LogP contribution in [0.3, 0.4) is 0 Å². The molecule has 0 heterocycles. The second-order valence-electron chi connectivity index (χ2n) is 2.47. The van der Waals surface area contributed by atoms with Crippen molar-refractivity contribution in [3.05, 3.63) is 0 Å². The molecule has 0 radical (unpaired) electrons. The molecule has 0 spiro atoms. The maximum atomic E-state index is 10.5. The van der Waals surface area contributed by atoms with Crippen LogP contribution in [0.15, 0.2) is 0 Å². The summed E-state index contributed by atoms with van der Waals surface area (Å²) in [6.07, 6.45) is -0.0895. The lowest BCUT2D eigenvalue weighted by Gasteiger charge is -2.11. The van der Waals surface area contributed by atoms with Gasteiger partial charge in [-0.15, -0.1) is 11.6 Å². The molecular weight excluding hydrogens is 198 g/mol. The second-order valence-corrected chi connectivity index (χ2v) is 2.84. The number of aliphatic carboxylic acids is 2. The van der Waals surface area contributed by atoms with Gasteiger partial charge in [-0.05, 0) is 6.42 Å². The summed E-state index contributed by atoms with van der Waals surface area (Å²) in [6.45, 7) is 0.359. The first kappa shape index (κ1) is 12.2. The number of alkyl halides is 1. The SMILES string of the molecule is O=C(O)CC[C@H](NCCCl)C(=O)O. The molecule has 6 heteroatoms. The minimum Gasteiger partial charge on any atom is -0.481 e. The Bertz CT molecular complexity index is 185. The van der Waals surface area contributed by atoms with Crippen LogP contribution in [0.2, 0.25) is 0 Å². The van der Waals surface area contributed by atoms with Crippen LogP contribution >= 0.6 is 11.6 Å². The predicted octanol–water partition coefficient (Wildman–Crippen LogP) is 0.133. The Hall–Kier alpha value is -0.810. The average Bonchev–Trinajstić information content (AvgIpc) is 2.03. The van der Waals surface area contributed by atoms with Crippen molar-refractivity contribution >= 4 is 23.5 Å². The van der Waals surface area contributed by atoms with Crippen LogP contribution in [0, 0.1) is 0 Å². The summed E-state index contributed by atoms with van der Waals surface area (Å²) in [4.78, 5) is 20.7.